The molecule has 0 amide bonds. The van der Waals surface area contributed by atoms with Gasteiger partial charge in [0.2, 0.25) is 5.90 Å². The Morgan fingerprint density at radius 2 is 1.81 bits per heavy atom. The Balaban J connectivity index is 1.61. The fraction of sp³-hybridized carbons (Fsp3) is 0.120. The molecule has 0 bridgehead atoms. The normalized spacial score (nSPS) is 14.4. The third kappa shape index (κ3) is 4.70. The highest BCUT2D eigenvalue weighted by molar-refractivity contribution is 9.10. The van der Waals surface area contributed by atoms with Crippen LogP contribution in [0.2, 0.25) is 0 Å². The monoisotopic (exact) mass is 477 g/mol. The fourth-order valence-electron chi connectivity index (χ4n) is 3.19. The van der Waals surface area contributed by atoms with Gasteiger partial charge in [0.1, 0.15) is 6.61 Å². The molecule has 0 N–H and O–H groups in total. The molecule has 0 unspecified atom stereocenters. The summed E-state index contributed by atoms with van der Waals surface area (Å²) in [5.74, 6) is 0.958. The van der Waals surface area contributed by atoms with E-state index in [1.165, 1.54) is 0 Å². The number of rotatable bonds is 6. The Morgan fingerprint density at radius 1 is 1.06 bits per heavy atom. The maximum Gasteiger partial charge on any atom is 0.363 e. The van der Waals surface area contributed by atoms with E-state index in [0.29, 0.717) is 28.5 Å². The summed E-state index contributed by atoms with van der Waals surface area (Å²) in [5, 5.41) is 0. The number of hydrogen-bond acceptors (Lipinski definition) is 5. The highest BCUT2D eigenvalue weighted by Gasteiger charge is 2.25. The second kappa shape index (κ2) is 9.18. The van der Waals surface area contributed by atoms with E-state index in [4.69, 9.17) is 14.2 Å². The molecule has 3 aromatic carbocycles. The average Bonchev–Trinajstić information content (AvgIpc) is 3.13. The van der Waals surface area contributed by atoms with Crippen molar-refractivity contribution >= 4 is 33.9 Å². The SMILES string of the molecule is COc1cc(/C=C2\N=C(c3ccccc3C)OC2=O)cc(Br)c1OCc1ccccc1. The smallest absolute Gasteiger partial charge is 0.363 e. The Labute approximate surface area is 189 Å². The lowest BCUT2D eigenvalue weighted by atomic mass is 10.1. The molecule has 0 spiro atoms. The van der Waals surface area contributed by atoms with Crippen LogP contribution in [0, 0.1) is 6.92 Å². The van der Waals surface area contributed by atoms with Gasteiger partial charge in [0.05, 0.1) is 11.6 Å². The predicted octanol–water partition coefficient (Wildman–Crippen LogP) is 5.69. The minimum absolute atomic E-state index is 0.227. The largest absolute Gasteiger partial charge is 0.493 e. The fourth-order valence-corrected chi connectivity index (χ4v) is 3.76. The van der Waals surface area contributed by atoms with Crippen molar-refractivity contribution in [3.8, 4) is 11.5 Å². The number of carbonyl (C=O) groups excluding carboxylic acids is 1. The quantitative estimate of drug-likeness (QED) is 0.338. The van der Waals surface area contributed by atoms with E-state index in [0.717, 1.165) is 22.3 Å². The summed E-state index contributed by atoms with van der Waals surface area (Å²) in [6.45, 7) is 2.36. The molecule has 31 heavy (non-hydrogen) atoms. The van der Waals surface area contributed by atoms with Gasteiger partial charge in [-0.05, 0) is 63.8 Å². The highest BCUT2D eigenvalue weighted by atomic mass is 79.9. The van der Waals surface area contributed by atoms with Gasteiger partial charge in [0, 0.05) is 5.56 Å². The number of aryl methyl sites for hydroxylation is 1. The van der Waals surface area contributed by atoms with Gasteiger partial charge in [-0.15, -0.1) is 0 Å². The van der Waals surface area contributed by atoms with Crippen molar-refractivity contribution in [1.29, 1.82) is 0 Å². The van der Waals surface area contributed by atoms with Crippen molar-refractivity contribution in [2.24, 2.45) is 4.99 Å². The summed E-state index contributed by atoms with van der Waals surface area (Å²) >= 11 is 3.55. The second-order valence-electron chi connectivity index (χ2n) is 6.96. The molecule has 5 nitrogen and oxygen atoms in total. The maximum atomic E-state index is 12.4. The van der Waals surface area contributed by atoms with Crippen LogP contribution in [0.4, 0.5) is 0 Å². The lowest BCUT2D eigenvalue weighted by Crippen LogP contribution is -2.06. The zero-order valence-electron chi connectivity index (χ0n) is 17.1. The van der Waals surface area contributed by atoms with E-state index in [-0.39, 0.29) is 5.70 Å². The van der Waals surface area contributed by atoms with Gasteiger partial charge in [0.15, 0.2) is 17.2 Å². The van der Waals surface area contributed by atoms with Crippen molar-refractivity contribution in [2.45, 2.75) is 13.5 Å². The number of aliphatic imine (C=N–C) groups is 1. The molecular weight excluding hydrogens is 458 g/mol. The molecule has 0 saturated heterocycles. The van der Waals surface area contributed by atoms with Crippen molar-refractivity contribution in [3.05, 3.63) is 99.2 Å². The minimum Gasteiger partial charge on any atom is -0.493 e. The van der Waals surface area contributed by atoms with Gasteiger partial charge in [-0.1, -0.05) is 48.5 Å². The summed E-state index contributed by atoms with van der Waals surface area (Å²) in [4.78, 5) is 16.8. The zero-order chi connectivity index (χ0) is 21.8. The number of carbonyl (C=O) groups is 1. The molecule has 156 valence electrons. The molecule has 0 aliphatic carbocycles. The first-order valence-corrected chi connectivity index (χ1v) is 10.5. The van der Waals surface area contributed by atoms with Crippen LogP contribution in [0.15, 0.2) is 81.9 Å². The predicted molar refractivity (Wildman–Crippen MR) is 123 cm³/mol. The average molecular weight is 478 g/mol. The van der Waals surface area contributed by atoms with Crippen LogP contribution in [0.5, 0.6) is 11.5 Å². The topological polar surface area (TPSA) is 57.1 Å². The molecule has 3 aromatic rings. The molecule has 6 heteroatoms. The van der Waals surface area contributed by atoms with E-state index < -0.39 is 5.97 Å². The van der Waals surface area contributed by atoms with Gasteiger partial charge in [-0.3, -0.25) is 0 Å². The van der Waals surface area contributed by atoms with Crippen LogP contribution >= 0.6 is 15.9 Å². The molecule has 0 aromatic heterocycles. The first-order valence-electron chi connectivity index (χ1n) is 9.68. The van der Waals surface area contributed by atoms with Gasteiger partial charge in [0.25, 0.3) is 0 Å². The van der Waals surface area contributed by atoms with Crippen LogP contribution < -0.4 is 9.47 Å². The Bertz CT molecular complexity index is 1190. The van der Waals surface area contributed by atoms with Crippen molar-refractivity contribution in [2.75, 3.05) is 7.11 Å². The standard InChI is InChI=1S/C25H20BrNO4/c1-16-8-6-7-11-19(16)24-27-21(25(28)31-24)13-18-12-20(26)23(22(14-18)29-2)30-15-17-9-4-3-5-10-17/h3-14H,15H2,1-2H3/b21-13-. The number of esters is 1. The first-order chi connectivity index (χ1) is 15.0. The summed E-state index contributed by atoms with van der Waals surface area (Å²) in [7, 11) is 1.58. The number of benzene rings is 3. The number of hydrogen-bond donors (Lipinski definition) is 0. The first kappa shape index (κ1) is 20.9. The van der Waals surface area contributed by atoms with Crippen molar-refractivity contribution < 1.29 is 19.0 Å². The zero-order valence-corrected chi connectivity index (χ0v) is 18.7. The van der Waals surface area contributed by atoms with Crippen LogP contribution in [-0.4, -0.2) is 19.0 Å². The summed E-state index contributed by atoms with van der Waals surface area (Å²) in [5.41, 5.74) is 3.79. The molecule has 4 rings (SSSR count). The summed E-state index contributed by atoms with van der Waals surface area (Å²) in [6, 6.07) is 21.2. The Morgan fingerprint density at radius 3 is 2.55 bits per heavy atom. The number of nitrogens with zero attached hydrogens (tertiary/aromatic N) is 1. The lowest BCUT2D eigenvalue weighted by molar-refractivity contribution is -0.129. The van der Waals surface area contributed by atoms with Crippen LogP contribution in [0.1, 0.15) is 22.3 Å². The third-order valence-corrected chi connectivity index (χ3v) is 5.37. The number of ether oxygens (including phenoxy) is 3. The summed E-state index contributed by atoms with van der Waals surface area (Å²) in [6.07, 6.45) is 1.67. The van der Waals surface area contributed by atoms with Gasteiger partial charge in [-0.25, -0.2) is 9.79 Å². The molecular formula is C25H20BrNO4. The number of methoxy groups -OCH3 is 1. The van der Waals surface area contributed by atoms with Crippen molar-refractivity contribution in [1.82, 2.24) is 0 Å². The molecule has 1 aliphatic rings. The van der Waals surface area contributed by atoms with E-state index in [2.05, 4.69) is 20.9 Å². The highest BCUT2D eigenvalue weighted by Crippen LogP contribution is 2.38. The second-order valence-corrected chi connectivity index (χ2v) is 7.81. The third-order valence-electron chi connectivity index (χ3n) is 4.78. The molecule has 1 heterocycles. The number of cyclic esters (lactones) is 1. The number of halogens is 1. The van der Waals surface area contributed by atoms with Gasteiger partial charge in [-0.2, -0.15) is 0 Å². The molecule has 0 fully saturated rings. The van der Waals surface area contributed by atoms with Crippen molar-refractivity contribution in [3.63, 3.8) is 0 Å². The van der Waals surface area contributed by atoms with E-state index in [1.54, 1.807) is 19.3 Å². The van der Waals surface area contributed by atoms with Crippen LogP contribution in [0.25, 0.3) is 6.08 Å². The maximum absolute atomic E-state index is 12.4. The molecule has 1 aliphatic heterocycles. The molecule has 0 saturated carbocycles. The molecule has 0 atom stereocenters. The molecule has 0 radical (unpaired) electrons. The van der Waals surface area contributed by atoms with Gasteiger partial charge >= 0.3 is 5.97 Å². The van der Waals surface area contributed by atoms with Crippen LogP contribution in [0.3, 0.4) is 0 Å². The van der Waals surface area contributed by atoms with Crippen LogP contribution in [-0.2, 0) is 16.1 Å². The summed E-state index contributed by atoms with van der Waals surface area (Å²) < 4.78 is 17.6. The minimum atomic E-state index is -0.488. The Hall–Kier alpha value is -3.38. The Kier molecular flexibility index (Phi) is 6.18. The van der Waals surface area contributed by atoms with E-state index >= 15 is 0 Å². The van der Waals surface area contributed by atoms with Gasteiger partial charge < -0.3 is 14.2 Å². The van der Waals surface area contributed by atoms with E-state index in [9.17, 15) is 4.79 Å². The lowest BCUT2D eigenvalue weighted by Gasteiger charge is -2.13. The van der Waals surface area contributed by atoms with E-state index in [1.807, 2.05) is 67.6 Å².